The Bertz CT molecular complexity index is 633. The Kier molecular flexibility index (Phi) is 15.7. The van der Waals surface area contributed by atoms with E-state index >= 15 is 0 Å². The highest BCUT2D eigenvalue weighted by Gasteiger charge is 2.09. The van der Waals surface area contributed by atoms with Gasteiger partial charge in [0.25, 0.3) is 0 Å². The first-order chi connectivity index (χ1) is 15.8. The largest absolute Gasteiger partial charge is 0.330 e. The average molecular weight is 483 g/mol. The van der Waals surface area contributed by atoms with E-state index in [1.54, 1.807) is 22.7 Å². The van der Waals surface area contributed by atoms with Crippen LogP contribution in [0.1, 0.15) is 35.7 Å². The normalized spacial score (nSPS) is 11.4. The monoisotopic (exact) mass is 482 g/mol. The first kappa shape index (κ1) is 27.3. The highest BCUT2D eigenvalue weighted by Crippen LogP contribution is 2.24. The van der Waals surface area contributed by atoms with E-state index in [0.717, 1.165) is 115 Å². The van der Waals surface area contributed by atoms with Crippen LogP contribution < -0.4 is 32.7 Å². The van der Waals surface area contributed by atoms with Crippen molar-refractivity contribution in [2.75, 3.05) is 65.4 Å². The molecule has 32 heavy (non-hydrogen) atoms. The standard InChI is InChI=1S/C22H42N8S2/c23-7-1-9-25-11-3-13-27-15-5-21-29-19(17-31-21)20-18-32-22(30-20)6-16-28-14-4-12-26-10-2-8-24/h17-18,25-28H,1-16,23-24H2. The average Bonchev–Trinajstić information content (AvgIpc) is 3.46. The Morgan fingerprint density at radius 1 is 0.562 bits per heavy atom. The molecule has 2 aromatic rings. The summed E-state index contributed by atoms with van der Waals surface area (Å²) < 4.78 is 0. The van der Waals surface area contributed by atoms with E-state index in [9.17, 15) is 0 Å². The molecule has 0 saturated heterocycles. The zero-order chi connectivity index (χ0) is 22.7. The van der Waals surface area contributed by atoms with Gasteiger partial charge in [-0.15, -0.1) is 22.7 Å². The predicted molar refractivity (Wildman–Crippen MR) is 139 cm³/mol. The van der Waals surface area contributed by atoms with Crippen LogP contribution in [0.15, 0.2) is 10.8 Å². The summed E-state index contributed by atoms with van der Waals surface area (Å²) in [7, 11) is 0. The van der Waals surface area contributed by atoms with E-state index in [2.05, 4.69) is 32.0 Å². The van der Waals surface area contributed by atoms with E-state index in [0.29, 0.717) is 0 Å². The molecule has 0 fully saturated rings. The SMILES string of the molecule is NCCCNCCCNCCc1nc(-c2csc(CCNCCCNCCCN)n2)cs1. The number of nitrogens with two attached hydrogens (primary N) is 2. The quantitative estimate of drug-likeness (QED) is 0.147. The van der Waals surface area contributed by atoms with Gasteiger partial charge in [-0.05, 0) is 78.0 Å². The predicted octanol–water partition coefficient (Wildman–Crippen LogP) is 1.19. The van der Waals surface area contributed by atoms with E-state index in [1.165, 1.54) is 10.0 Å². The summed E-state index contributed by atoms with van der Waals surface area (Å²) in [5.41, 5.74) is 13.0. The van der Waals surface area contributed by atoms with Gasteiger partial charge in [0.15, 0.2) is 0 Å². The number of hydrogen-bond donors (Lipinski definition) is 6. The van der Waals surface area contributed by atoms with Crippen molar-refractivity contribution in [1.82, 2.24) is 31.2 Å². The Morgan fingerprint density at radius 2 is 0.938 bits per heavy atom. The number of thiazole rings is 2. The molecule has 2 rings (SSSR count). The summed E-state index contributed by atoms with van der Waals surface area (Å²) in [5, 5.41) is 20.4. The lowest BCUT2D eigenvalue weighted by Crippen LogP contribution is -2.25. The fraction of sp³-hybridized carbons (Fsp3) is 0.727. The zero-order valence-electron chi connectivity index (χ0n) is 19.3. The summed E-state index contributed by atoms with van der Waals surface area (Å²) in [4.78, 5) is 9.56. The van der Waals surface area contributed by atoms with Crippen molar-refractivity contribution < 1.29 is 0 Å². The van der Waals surface area contributed by atoms with Gasteiger partial charge in [-0.1, -0.05) is 0 Å². The van der Waals surface area contributed by atoms with Crippen molar-refractivity contribution in [2.45, 2.75) is 38.5 Å². The maximum atomic E-state index is 5.49. The summed E-state index contributed by atoms with van der Waals surface area (Å²) >= 11 is 3.46. The lowest BCUT2D eigenvalue weighted by Gasteiger charge is -2.05. The molecule has 2 aromatic heterocycles. The van der Waals surface area contributed by atoms with Crippen LogP contribution in [0.25, 0.3) is 11.4 Å². The van der Waals surface area contributed by atoms with Crippen LogP contribution in [0.2, 0.25) is 0 Å². The Labute approximate surface area is 201 Å². The molecular formula is C22H42N8S2. The van der Waals surface area contributed by atoms with Crippen molar-refractivity contribution in [3.63, 3.8) is 0 Å². The third kappa shape index (κ3) is 12.3. The first-order valence-electron chi connectivity index (χ1n) is 12.0. The molecule has 0 unspecified atom stereocenters. The van der Waals surface area contributed by atoms with E-state index in [-0.39, 0.29) is 0 Å². The Morgan fingerprint density at radius 3 is 1.34 bits per heavy atom. The second kappa shape index (κ2) is 18.4. The molecular weight excluding hydrogens is 440 g/mol. The van der Waals surface area contributed by atoms with Gasteiger partial charge in [0, 0.05) is 36.7 Å². The third-order valence-corrected chi connectivity index (χ3v) is 6.74. The highest BCUT2D eigenvalue weighted by atomic mass is 32.1. The van der Waals surface area contributed by atoms with Crippen molar-refractivity contribution in [2.24, 2.45) is 11.5 Å². The van der Waals surface area contributed by atoms with E-state index < -0.39 is 0 Å². The van der Waals surface area contributed by atoms with E-state index in [1.807, 2.05) is 0 Å². The number of nitrogens with one attached hydrogen (secondary N) is 4. The topological polar surface area (TPSA) is 126 Å². The number of nitrogens with zero attached hydrogens (tertiary/aromatic N) is 2. The summed E-state index contributed by atoms with van der Waals surface area (Å²) in [6.07, 6.45) is 6.29. The molecule has 8 N–H and O–H groups in total. The number of aromatic nitrogens is 2. The molecule has 0 aliphatic carbocycles. The van der Waals surface area contributed by atoms with Crippen molar-refractivity contribution in [3.8, 4) is 11.4 Å². The van der Waals surface area contributed by atoms with Gasteiger partial charge in [-0.2, -0.15) is 0 Å². The molecule has 0 atom stereocenters. The van der Waals surface area contributed by atoms with Gasteiger partial charge in [0.2, 0.25) is 0 Å². The van der Waals surface area contributed by atoms with Gasteiger partial charge in [0.1, 0.15) is 11.4 Å². The minimum absolute atomic E-state index is 0.759. The molecule has 182 valence electrons. The molecule has 0 amide bonds. The molecule has 0 aliphatic heterocycles. The third-order valence-electron chi connectivity index (χ3n) is 4.93. The lowest BCUT2D eigenvalue weighted by atomic mass is 10.3. The first-order valence-corrected chi connectivity index (χ1v) is 13.7. The number of rotatable bonds is 21. The minimum atomic E-state index is 0.759. The smallest absolute Gasteiger partial charge is 0.101 e. The molecule has 0 aromatic carbocycles. The van der Waals surface area contributed by atoms with Gasteiger partial charge in [0.05, 0.1) is 10.0 Å². The van der Waals surface area contributed by atoms with Crippen LogP contribution in [0.3, 0.4) is 0 Å². The Hall–Kier alpha value is -0.980. The maximum absolute atomic E-state index is 5.49. The van der Waals surface area contributed by atoms with Crippen LogP contribution in [-0.2, 0) is 12.8 Å². The van der Waals surface area contributed by atoms with Gasteiger partial charge in [-0.25, -0.2) is 9.97 Å². The summed E-state index contributed by atoms with van der Waals surface area (Å²) in [5.74, 6) is 0. The van der Waals surface area contributed by atoms with Crippen LogP contribution >= 0.6 is 22.7 Å². The molecule has 0 radical (unpaired) electrons. The van der Waals surface area contributed by atoms with Crippen LogP contribution in [0.5, 0.6) is 0 Å². The lowest BCUT2D eigenvalue weighted by molar-refractivity contribution is 0.586. The van der Waals surface area contributed by atoms with E-state index in [4.69, 9.17) is 21.4 Å². The molecule has 8 nitrogen and oxygen atoms in total. The molecule has 0 saturated carbocycles. The molecule has 0 bridgehead atoms. The minimum Gasteiger partial charge on any atom is -0.330 e. The van der Waals surface area contributed by atoms with Crippen molar-refractivity contribution >= 4 is 22.7 Å². The van der Waals surface area contributed by atoms with Crippen LogP contribution in [0.4, 0.5) is 0 Å². The fourth-order valence-electron chi connectivity index (χ4n) is 3.11. The summed E-state index contributed by atoms with van der Waals surface area (Å²) in [6, 6.07) is 0. The maximum Gasteiger partial charge on any atom is 0.101 e. The highest BCUT2D eigenvalue weighted by molar-refractivity contribution is 7.10. The van der Waals surface area contributed by atoms with Crippen LogP contribution in [-0.4, -0.2) is 75.4 Å². The van der Waals surface area contributed by atoms with Gasteiger partial charge in [-0.3, -0.25) is 0 Å². The molecule has 0 spiro atoms. The molecule has 10 heteroatoms. The number of hydrogen-bond acceptors (Lipinski definition) is 10. The van der Waals surface area contributed by atoms with Crippen molar-refractivity contribution in [3.05, 3.63) is 20.8 Å². The van der Waals surface area contributed by atoms with Crippen molar-refractivity contribution in [1.29, 1.82) is 0 Å². The fourth-order valence-corrected chi connectivity index (χ4v) is 4.69. The Balaban J connectivity index is 1.53. The second-order valence-corrected chi connectivity index (χ2v) is 9.63. The summed E-state index contributed by atoms with van der Waals surface area (Å²) in [6.45, 7) is 9.62. The molecule has 2 heterocycles. The van der Waals surface area contributed by atoms with Crippen LogP contribution in [0, 0.1) is 0 Å². The molecule has 0 aliphatic rings. The second-order valence-electron chi connectivity index (χ2n) is 7.74. The van der Waals surface area contributed by atoms with Gasteiger partial charge >= 0.3 is 0 Å². The van der Waals surface area contributed by atoms with Gasteiger partial charge < -0.3 is 32.7 Å². The zero-order valence-corrected chi connectivity index (χ0v) is 21.0.